The summed E-state index contributed by atoms with van der Waals surface area (Å²) in [6.07, 6.45) is -2.10. The van der Waals surface area contributed by atoms with Gasteiger partial charge in [0.05, 0.1) is 10.8 Å². The molecule has 2 rings (SSSR count). The Labute approximate surface area is 142 Å². The fourth-order valence-electron chi connectivity index (χ4n) is 2.78. The number of halogens is 3. The molecule has 132 valence electrons. The van der Waals surface area contributed by atoms with E-state index in [9.17, 15) is 22.8 Å². The molecule has 0 spiro atoms. The van der Waals surface area contributed by atoms with Gasteiger partial charge in [-0.2, -0.15) is 13.2 Å². The van der Waals surface area contributed by atoms with Crippen molar-refractivity contribution in [1.29, 1.82) is 0 Å². The minimum Gasteiger partial charge on any atom is -0.337 e. The van der Waals surface area contributed by atoms with Gasteiger partial charge in [-0.1, -0.05) is 12.1 Å². The van der Waals surface area contributed by atoms with Crippen LogP contribution in [0.15, 0.2) is 30.2 Å². The second kappa shape index (κ2) is 7.83. The number of alkyl halides is 3. The Morgan fingerprint density at radius 1 is 1.46 bits per heavy atom. The van der Waals surface area contributed by atoms with E-state index in [-0.39, 0.29) is 19.0 Å². The summed E-state index contributed by atoms with van der Waals surface area (Å²) in [6, 6.07) is 3.46. The molecule has 1 aliphatic heterocycles. The van der Waals surface area contributed by atoms with Gasteiger partial charge in [-0.3, -0.25) is 9.59 Å². The fraction of sp³-hybridized carbons (Fsp3) is 0.500. The molecule has 0 aliphatic carbocycles. The summed E-state index contributed by atoms with van der Waals surface area (Å²) in [6.45, 7) is 2.62. The van der Waals surface area contributed by atoms with Gasteiger partial charge in [-0.05, 0) is 24.3 Å². The van der Waals surface area contributed by atoms with Crippen molar-refractivity contribution in [2.75, 3.05) is 26.2 Å². The molecule has 1 atom stereocenters. The van der Waals surface area contributed by atoms with Gasteiger partial charge in [-0.25, -0.2) is 0 Å². The second-order valence-corrected chi connectivity index (χ2v) is 6.64. The number of piperidine rings is 1. The number of amides is 2. The number of hydrogen-bond acceptors (Lipinski definition) is 3. The third-order valence-corrected chi connectivity index (χ3v) is 4.68. The summed E-state index contributed by atoms with van der Waals surface area (Å²) in [5.41, 5.74) is 0. The van der Waals surface area contributed by atoms with Crippen LogP contribution in [-0.4, -0.2) is 54.0 Å². The maximum atomic E-state index is 12.7. The molecule has 1 unspecified atom stereocenters. The van der Waals surface area contributed by atoms with Crippen LogP contribution in [0.2, 0.25) is 0 Å². The SMILES string of the molecule is C=CCN(CC(F)(F)F)C(=O)C1CCCN(C(=O)c2cccs2)C1. The number of thiophene rings is 1. The smallest absolute Gasteiger partial charge is 0.337 e. The van der Waals surface area contributed by atoms with E-state index >= 15 is 0 Å². The highest BCUT2D eigenvalue weighted by molar-refractivity contribution is 7.12. The highest BCUT2D eigenvalue weighted by Crippen LogP contribution is 2.24. The van der Waals surface area contributed by atoms with Crippen molar-refractivity contribution >= 4 is 23.2 Å². The third-order valence-electron chi connectivity index (χ3n) is 3.82. The minimum atomic E-state index is -4.46. The predicted octanol–water partition coefficient (Wildman–Crippen LogP) is 3.18. The standard InChI is InChI=1S/C16H19F3N2O2S/c1-2-7-21(11-16(17,18)19)14(22)12-5-3-8-20(10-12)15(23)13-6-4-9-24-13/h2,4,6,9,12H,1,3,5,7-8,10-11H2. The Morgan fingerprint density at radius 3 is 2.79 bits per heavy atom. The molecule has 1 aliphatic rings. The van der Waals surface area contributed by atoms with Gasteiger partial charge in [0.1, 0.15) is 6.54 Å². The predicted molar refractivity (Wildman–Crippen MR) is 85.8 cm³/mol. The summed E-state index contributed by atoms with van der Waals surface area (Å²) in [5.74, 6) is -1.35. The zero-order valence-electron chi connectivity index (χ0n) is 13.1. The van der Waals surface area contributed by atoms with E-state index in [2.05, 4.69) is 6.58 Å². The van der Waals surface area contributed by atoms with Crippen molar-refractivity contribution in [3.63, 3.8) is 0 Å². The molecule has 4 nitrogen and oxygen atoms in total. The van der Waals surface area contributed by atoms with Crippen molar-refractivity contribution in [3.05, 3.63) is 35.0 Å². The zero-order chi connectivity index (χ0) is 17.7. The quantitative estimate of drug-likeness (QED) is 0.757. The average molecular weight is 360 g/mol. The van der Waals surface area contributed by atoms with Crippen molar-refractivity contribution in [1.82, 2.24) is 9.80 Å². The first-order chi connectivity index (χ1) is 11.3. The van der Waals surface area contributed by atoms with E-state index in [1.165, 1.54) is 17.4 Å². The molecule has 1 saturated heterocycles. The monoisotopic (exact) mass is 360 g/mol. The lowest BCUT2D eigenvalue weighted by atomic mass is 9.96. The lowest BCUT2D eigenvalue weighted by Gasteiger charge is -2.34. The van der Waals surface area contributed by atoms with Gasteiger partial charge in [0.15, 0.2) is 0 Å². The van der Waals surface area contributed by atoms with E-state index in [0.29, 0.717) is 24.3 Å². The Kier molecular flexibility index (Phi) is 6.04. The summed E-state index contributed by atoms with van der Waals surface area (Å²) in [7, 11) is 0. The molecule has 24 heavy (non-hydrogen) atoms. The number of hydrogen-bond donors (Lipinski definition) is 0. The summed E-state index contributed by atoms with van der Waals surface area (Å²) in [4.78, 5) is 27.7. The lowest BCUT2D eigenvalue weighted by molar-refractivity contribution is -0.163. The highest BCUT2D eigenvalue weighted by Gasteiger charge is 2.37. The van der Waals surface area contributed by atoms with E-state index in [4.69, 9.17) is 0 Å². The maximum Gasteiger partial charge on any atom is 0.406 e. The molecule has 0 bridgehead atoms. The molecular weight excluding hydrogens is 341 g/mol. The number of likely N-dealkylation sites (tertiary alicyclic amines) is 1. The third kappa shape index (κ3) is 4.83. The molecule has 2 heterocycles. The van der Waals surface area contributed by atoms with Crippen LogP contribution in [0.5, 0.6) is 0 Å². The molecule has 0 radical (unpaired) electrons. The van der Waals surface area contributed by atoms with Crippen molar-refractivity contribution in [3.8, 4) is 0 Å². The molecule has 1 aromatic rings. The van der Waals surface area contributed by atoms with Gasteiger partial charge in [-0.15, -0.1) is 17.9 Å². The lowest BCUT2D eigenvalue weighted by Crippen LogP contribution is -2.48. The molecule has 0 aromatic carbocycles. The topological polar surface area (TPSA) is 40.6 Å². The van der Waals surface area contributed by atoms with E-state index in [1.54, 1.807) is 22.4 Å². The number of rotatable bonds is 5. The Bertz CT molecular complexity index is 587. The highest BCUT2D eigenvalue weighted by atomic mass is 32.1. The molecule has 1 aromatic heterocycles. The molecule has 2 amide bonds. The maximum absolute atomic E-state index is 12.7. The van der Waals surface area contributed by atoms with Crippen LogP contribution >= 0.6 is 11.3 Å². The number of carbonyl (C=O) groups is 2. The van der Waals surface area contributed by atoms with Gasteiger partial charge in [0, 0.05) is 19.6 Å². The summed E-state index contributed by atoms with van der Waals surface area (Å²) >= 11 is 1.31. The molecular formula is C16H19F3N2O2S. The van der Waals surface area contributed by atoms with Gasteiger partial charge in [0.25, 0.3) is 5.91 Å². The van der Waals surface area contributed by atoms with Crippen LogP contribution in [-0.2, 0) is 4.79 Å². The summed E-state index contributed by atoms with van der Waals surface area (Å²) in [5, 5.41) is 1.79. The first kappa shape index (κ1) is 18.5. The van der Waals surface area contributed by atoms with Crippen LogP contribution in [0.4, 0.5) is 13.2 Å². The normalized spacial score (nSPS) is 18.3. The Morgan fingerprint density at radius 2 is 2.21 bits per heavy atom. The van der Waals surface area contributed by atoms with Crippen molar-refractivity contribution in [2.24, 2.45) is 5.92 Å². The Hall–Kier alpha value is -1.83. The van der Waals surface area contributed by atoms with E-state index < -0.39 is 24.5 Å². The minimum absolute atomic E-state index is 0.154. The van der Waals surface area contributed by atoms with Crippen LogP contribution in [0.1, 0.15) is 22.5 Å². The van der Waals surface area contributed by atoms with Crippen molar-refractivity contribution < 1.29 is 22.8 Å². The average Bonchev–Trinajstić information content (AvgIpc) is 3.06. The fourth-order valence-corrected chi connectivity index (χ4v) is 3.47. The number of nitrogens with zero attached hydrogens (tertiary/aromatic N) is 2. The van der Waals surface area contributed by atoms with Crippen LogP contribution in [0.3, 0.4) is 0 Å². The Balaban J connectivity index is 2.05. The van der Waals surface area contributed by atoms with Gasteiger partial charge < -0.3 is 9.80 Å². The summed E-state index contributed by atoms with van der Waals surface area (Å²) < 4.78 is 38.0. The molecule has 0 saturated carbocycles. The van der Waals surface area contributed by atoms with Crippen LogP contribution in [0, 0.1) is 5.92 Å². The van der Waals surface area contributed by atoms with Gasteiger partial charge in [0.2, 0.25) is 5.91 Å². The number of carbonyl (C=O) groups excluding carboxylic acids is 2. The van der Waals surface area contributed by atoms with Crippen molar-refractivity contribution in [2.45, 2.75) is 19.0 Å². The molecule has 1 fully saturated rings. The molecule has 0 N–H and O–H groups in total. The largest absolute Gasteiger partial charge is 0.406 e. The van der Waals surface area contributed by atoms with E-state index in [0.717, 1.165) is 4.90 Å². The van der Waals surface area contributed by atoms with E-state index in [1.807, 2.05) is 0 Å². The second-order valence-electron chi connectivity index (χ2n) is 5.69. The van der Waals surface area contributed by atoms with Gasteiger partial charge >= 0.3 is 6.18 Å². The molecule has 8 heteroatoms. The van der Waals surface area contributed by atoms with Crippen LogP contribution in [0.25, 0.3) is 0 Å². The first-order valence-corrected chi connectivity index (χ1v) is 8.49. The van der Waals surface area contributed by atoms with Crippen LogP contribution < -0.4 is 0 Å². The zero-order valence-corrected chi connectivity index (χ0v) is 13.9. The first-order valence-electron chi connectivity index (χ1n) is 7.61.